The van der Waals surface area contributed by atoms with Crippen LogP contribution >= 0.6 is 27.3 Å². The topological polar surface area (TPSA) is 20.2 Å². The van der Waals surface area contributed by atoms with Crippen molar-refractivity contribution in [3.8, 4) is 0 Å². The molecule has 3 heteroatoms. The third-order valence-corrected chi connectivity index (χ3v) is 3.65. The van der Waals surface area contributed by atoms with Crippen molar-refractivity contribution in [3.05, 3.63) is 56.7 Å². The molecule has 0 aliphatic rings. The molecule has 0 saturated carbocycles. The fraction of sp³-hybridized carbons (Fsp3) is 0.0909. The summed E-state index contributed by atoms with van der Waals surface area (Å²) in [5, 5.41) is 9.99. The third-order valence-electron chi connectivity index (χ3n) is 1.98. The Morgan fingerprint density at radius 3 is 2.36 bits per heavy atom. The lowest BCUT2D eigenvalue weighted by molar-refractivity contribution is 0.224. The number of hydrogen-bond acceptors (Lipinski definition) is 2. The minimum Gasteiger partial charge on any atom is -0.383 e. The third kappa shape index (κ3) is 2.05. The molecule has 1 unspecified atom stereocenters. The van der Waals surface area contributed by atoms with Crippen LogP contribution in [0.3, 0.4) is 0 Å². The maximum Gasteiger partial charge on any atom is 0.113 e. The molecular weight excluding hydrogens is 260 g/mol. The van der Waals surface area contributed by atoms with Gasteiger partial charge in [0.05, 0.1) is 3.79 Å². The van der Waals surface area contributed by atoms with Crippen molar-refractivity contribution in [2.45, 2.75) is 6.10 Å². The summed E-state index contributed by atoms with van der Waals surface area (Å²) in [6.07, 6.45) is -0.507. The predicted molar refractivity (Wildman–Crippen MR) is 62.5 cm³/mol. The number of aliphatic hydroxyl groups excluding tert-OH is 1. The molecule has 0 fully saturated rings. The van der Waals surface area contributed by atoms with E-state index in [1.54, 1.807) is 11.3 Å². The van der Waals surface area contributed by atoms with E-state index in [1.165, 1.54) is 0 Å². The Balaban J connectivity index is 2.29. The van der Waals surface area contributed by atoms with Gasteiger partial charge < -0.3 is 5.11 Å². The largest absolute Gasteiger partial charge is 0.383 e. The molecule has 72 valence electrons. The maximum atomic E-state index is 9.99. The summed E-state index contributed by atoms with van der Waals surface area (Å²) in [4.78, 5) is 0.961. The maximum absolute atomic E-state index is 9.99. The highest BCUT2D eigenvalue weighted by molar-refractivity contribution is 9.11. The fourth-order valence-corrected chi connectivity index (χ4v) is 2.71. The molecule has 0 aliphatic heterocycles. The van der Waals surface area contributed by atoms with Crippen molar-refractivity contribution in [1.82, 2.24) is 0 Å². The standard InChI is InChI=1S/C11H9BrOS/c12-10-7-6-9(14-10)11(13)8-4-2-1-3-5-8/h1-7,11,13H. The van der Waals surface area contributed by atoms with Gasteiger partial charge in [-0.1, -0.05) is 30.3 Å². The molecule has 1 atom stereocenters. The lowest BCUT2D eigenvalue weighted by Gasteiger charge is -2.07. The molecule has 2 aromatic rings. The number of rotatable bonds is 2. The Morgan fingerprint density at radius 2 is 1.79 bits per heavy atom. The SMILES string of the molecule is OC(c1ccccc1)c1ccc(Br)s1. The van der Waals surface area contributed by atoms with Gasteiger partial charge in [-0.15, -0.1) is 11.3 Å². The van der Waals surface area contributed by atoms with Gasteiger partial charge in [0.1, 0.15) is 6.10 Å². The molecule has 1 nitrogen and oxygen atoms in total. The van der Waals surface area contributed by atoms with E-state index in [4.69, 9.17) is 0 Å². The van der Waals surface area contributed by atoms with Gasteiger partial charge in [0.15, 0.2) is 0 Å². The number of hydrogen-bond donors (Lipinski definition) is 1. The number of benzene rings is 1. The van der Waals surface area contributed by atoms with Crippen LogP contribution in [-0.4, -0.2) is 5.11 Å². The zero-order chi connectivity index (χ0) is 9.97. The first kappa shape index (κ1) is 9.90. The molecule has 0 saturated heterocycles. The predicted octanol–water partition coefficient (Wildman–Crippen LogP) is 3.59. The molecule has 2 rings (SSSR count). The molecule has 1 N–H and O–H groups in total. The summed E-state index contributed by atoms with van der Waals surface area (Å²) in [6.45, 7) is 0. The first-order valence-electron chi connectivity index (χ1n) is 4.25. The summed E-state index contributed by atoms with van der Waals surface area (Å²) in [7, 11) is 0. The first-order valence-corrected chi connectivity index (χ1v) is 5.86. The second kappa shape index (κ2) is 4.26. The summed E-state index contributed by atoms with van der Waals surface area (Å²) in [6, 6.07) is 13.6. The van der Waals surface area contributed by atoms with Crippen LogP contribution in [-0.2, 0) is 0 Å². The van der Waals surface area contributed by atoms with E-state index in [0.717, 1.165) is 14.2 Å². The van der Waals surface area contributed by atoms with Crippen LogP contribution in [0, 0.1) is 0 Å². The summed E-state index contributed by atoms with van der Waals surface area (Å²) >= 11 is 4.94. The summed E-state index contributed by atoms with van der Waals surface area (Å²) in [5.74, 6) is 0. The zero-order valence-corrected chi connectivity index (χ0v) is 9.75. The van der Waals surface area contributed by atoms with Crippen LogP contribution in [0.15, 0.2) is 46.3 Å². The fourth-order valence-electron chi connectivity index (χ4n) is 1.27. The van der Waals surface area contributed by atoms with E-state index < -0.39 is 6.10 Å². The minimum absolute atomic E-state index is 0.507. The molecule has 1 heterocycles. The van der Waals surface area contributed by atoms with Crippen LogP contribution in [0.2, 0.25) is 0 Å². The lowest BCUT2D eigenvalue weighted by atomic mass is 10.1. The van der Waals surface area contributed by atoms with Gasteiger partial charge in [0.2, 0.25) is 0 Å². The van der Waals surface area contributed by atoms with Crippen LogP contribution in [0.1, 0.15) is 16.5 Å². The highest BCUT2D eigenvalue weighted by atomic mass is 79.9. The zero-order valence-electron chi connectivity index (χ0n) is 7.35. The number of aliphatic hydroxyl groups is 1. The van der Waals surface area contributed by atoms with E-state index in [9.17, 15) is 5.11 Å². The molecule has 14 heavy (non-hydrogen) atoms. The van der Waals surface area contributed by atoms with Gasteiger partial charge in [-0.25, -0.2) is 0 Å². The van der Waals surface area contributed by atoms with E-state index in [0.29, 0.717) is 0 Å². The Labute approximate surface area is 95.2 Å². The van der Waals surface area contributed by atoms with Gasteiger partial charge in [0.25, 0.3) is 0 Å². The Hall–Kier alpha value is -0.640. The summed E-state index contributed by atoms with van der Waals surface area (Å²) in [5.41, 5.74) is 0.932. The lowest BCUT2D eigenvalue weighted by Crippen LogP contribution is -1.95. The normalized spacial score (nSPS) is 12.7. The molecule has 0 spiro atoms. The van der Waals surface area contributed by atoms with Crippen LogP contribution in [0.4, 0.5) is 0 Å². The van der Waals surface area contributed by atoms with E-state index in [1.807, 2.05) is 42.5 Å². The van der Waals surface area contributed by atoms with E-state index in [2.05, 4.69) is 15.9 Å². The molecule has 0 radical (unpaired) electrons. The molecule has 1 aromatic carbocycles. The van der Waals surface area contributed by atoms with Gasteiger partial charge in [-0.05, 0) is 33.6 Å². The van der Waals surface area contributed by atoms with Gasteiger partial charge in [-0.3, -0.25) is 0 Å². The van der Waals surface area contributed by atoms with Crippen LogP contribution in [0.25, 0.3) is 0 Å². The molecule has 0 aliphatic carbocycles. The van der Waals surface area contributed by atoms with Crippen molar-refractivity contribution in [2.24, 2.45) is 0 Å². The Morgan fingerprint density at radius 1 is 1.07 bits per heavy atom. The van der Waals surface area contributed by atoms with Crippen LogP contribution < -0.4 is 0 Å². The van der Waals surface area contributed by atoms with Crippen LogP contribution in [0.5, 0.6) is 0 Å². The van der Waals surface area contributed by atoms with Crippen molar-refractivity contribution < 1.29 is 5.11 Å². The Bertz CT molecular complexity index is 410. The molecule has 0 amide bonds. The van der Waals surface area contributed by atoms with Gasteiger partial charge in [0, 0.05) is 4.88 Å². The van der Waals surface area contributed by atoms with E-state index >= 15 is 0 Å². The highest BCUT2D eigenvalue weighted by Gasteiger charge is 2.11. The highest BCUT2D eigenvalue weighted by Crippen LogP contribution is 2.30. The second-order valence-electron chi connectivity index (χ2n) is 2.96. The smallest absolute Gasteiger partial charge is 0.113 e. The molecule has 0 bridgehead atoms. The average molecular weight is 269 g/mol. The number of thiophene rings is 1. The second-order valence-corrected chi connectivity index (χ2v) is 5.45. The molecule has 1 aromatic heterocycles. The minimum atomic E-state index is -0.507. The first-order chi connectivity index (χ1) is 6.77. The van der Waals surface area contributed by atoms with Crippen molar-refractivity contribution in [2.75, 3.05) is 0 Å². The average Bonchev–Trinajstić information content (AvgIpc) is 2.65. The van der Waals surface area contributed by atoms with Crippen molar-refractivity contribution in [1.29, 1.82) is 0 Å². The summed E-state index contributed by atoms with van der Waals surface area (Å²) < 4.78 is 1.04. The van der Waals surface area contributed by atoms with Crippen molar-refractivity contribution >= 4 is 27.3 Å². The number of halogens is 1. The van der Waals surface area contributed by atoms with Gasteiger partial charge in [-0.2, -0.15) is 0 Å². The van der Waals surface area contributed by atoms with E-state index in [-0.39, 0.29) is 0 Å². The molecular formula is C11H9BrOS. The van der Waals surface area contributed by atoms with Crippen molar-refractivity contribution in [3.63, 3.8) is 0 Å². The van der Waals surface area contributed by atoms with Gasteiger partial charge >= 0.3 is 0 Å². The monoisotopic (exact) mass is 268 g/mol. The Kier molecular flexibility index (Phi) is 3.01. The quantitative estimate of drug-likeness (QED) is 0.883.